The number of halogens is 1. The largest absolute Gasteiger partial charge is 0.465 e. The summed E-state index contributed by atoms with van der Waals surface area (Å²) in [5.41, 5.74) is 9.88. The number of ether oxygens (including phenoxy) is 1. The summed E-state index contributed by atoms with van der Waals surface area (Å²) >= 11 is 7.67. The highest BCUT2D eigenvalue weighted by Crippen LogP contribution is 2.40. The molecule has 4 rings (SSSR count). The van der Waals surface area contributed by atoms with Gasteiger partial charge in [0.15, 0.2) is 0 Å². The molecule has 0 radical (unpaired) electrons. The third-order valence-corrected chi connectivity index (χ3v) is 9.27. The summed E-state index contributed by atoms with van der Waals surface area (Å²) in [6.45, 7) is 6.03. The Morgan fingerprint density at radius 1 is 1.19 bits per heavy atom. The predicted octanol–water partition coefficient (Wildman–Crippen LogP) is 5.38. The van der Waals surface area contributed by atoms with Gasteiger partial charge >= 0.3 is 5.97 Å². The second-order valence-corrected chi connectivity index (χ2v) is 12.8. The third kappa shape index (κ3) is 8.17. The van der Waals surface area contributed by atoms with Crippen molar-refractivity contribution in [2.45, 2.75) is 46.1 Å². The number of anilines is 2. The van der Waals surface area contributed by atoms with E-state index in [2.05, 4.69) is 17.2 Å². The van der Waals surface area contributed by atoms with Gasteiger partial charge < -0.3 is 20.7 Å². The van der Waals surface area contributed by atoms with Crippen molar-refractivity contribution in [1.82, 2.24) is 4.90 Å². The first kappa shape index (κ1) is 36.0. The minimum absolute atomic E-state index is 0.0452. The third-order valence-electron chi connectivity index (χ3n) is 7.83. The van der Waals surface area contributed by atoms with E-state index in [4.69, 9.17) is 37.9 Å². The van der Waals surface area contributed by atoms with Crippen LogP contribution in [0.4, 0.5) is 10.7 Å². The maximum Gasteiger partial charge on any atom is 0.339 e. The van der Waals surface area contributed by atoms with Crippen molar-refractivity contribution in [3.63, 3.8) is 0 Å². The lowest BCUT2D eigenvalue weighted by molar-refractivity contribution is -0.130. The Hall–Kier alpha value is -4.83. The van der Waals surface area contributed by atoms with Crippen LogP contribution in [0.1, 0.15) is 63.7 Å². The number of rotatable bonds is 9. The molecule has 250 valence electrons. The quantitative estimate of drug-likeness (QED) is 0.102. The molecule has 2 heterocycles. The van der Waals surface area contributed by atoms with Gasteiger partial charge in [-0.2, -0.15) is 0 Å². The molecule has 2 aromatic carbocycles. The van der Waals surface area contributed by atoms with E-state index in [1.807, 2.05) is 26.0 Å². The second-order valence-electron chi connectivity index (χ2n) is 11.2. The maximum absolute atomic E-state index is 13.5. The molecule has 0 spiro atoms. The first-order valence-corrected chi connectivity index (χ1v) is 16.4. The Morgan fingerprint density at radius 3 is 2.54 bits per heavy atom. The summed E-state index contributed by atoms with van der Waals surface area (Å²) < 4.78 is 4.81. The minimum atomic E-state index is -0.849. The van der Waals surface area contributed by atoms with Crippen LogP contribution in [0.2, 0.25) is 5.02 Å². The maximum atomic E-state index is 13.5. The number of aryl methyl sites for hydroxylation is 1. The van der Waals surface area contributed by atoms with Gasteiger partial charge in [-0.05, 0) is 63.1 Å². The monoisotopic (exact) mass is 687 g/mol. The van der Waals surface area contributed by atoms with E-state index >= 15 is 0 Å². The molecule has 0 aliphatic carbocycles. The molecule has 11 nitrogen and oxygen atoms in total. The Labute approximate surface area is 289 Å². The van der Waals surface area contributed by atoms with Crippen LogP contribution in [0.5, 0.6) is 0 Å². The van der Waals surface area contributed by atoms with Gasteiger partial charge in [0.1, 0.15) is 22.7 Å². The van der Waals surface area contributed by atoms with Crippen molar-refractivity contribution in [1.29, 1.82) is 10.8 Å². The fraction of sp³-hybridized carbons (Fsp3) is 0.314. The van der Waals surface area contributed by atoms with Crippen molar-refractivity contribution < 1.29 is 19.1 Å². The first-order valence-electron chi connectivity index (χ1n) is 15.2. The van der Waals surface area contributed by atoms with Crippen LogP contribution in [-0.2, 0) is 14.3 Å². The molecule has 1 aliphatic heterocycles. The van der Waals surface area contributed by atoms with Crippen LogP contribution in [0.3, 0.4) is 0 Å². The average molecular weight is 688 g/mol. The predicted molar refractivity (Wildman–Crippen MR) is 192 cm³/mol. The lowest BCUT2D eigenvalue weighted by Crippen LogP contribution is -2.42. The number of nitrogens with one attached hydrogen (secondary N) is 3. The molecular formula is C35H38ClN7O4S. The van der Waals surface area contributed by atoms with E-state index in [1.165, 1.54) is 29.4 Å². The van der Waals surface area contributed by atoms with Gasteiger partial charge in [-0.25, -0.2) is 4.79 Å². The molecule has 0 saturated carbocycles. The zero-order valence-corrected chi connectivity index (χ0v) is 29.1. The fourth-order valence-electron chi connectivity index (χ4n) is 5.19. The van der Waals surface area contributed by atoms with Crippen LogP contribution in [0.15, 0.2) is 47.5 Å². The molecule has 0 saturated heterocycles. The zero-order chi connectivity index (χ0) is 35.1. The van der Waals surface area contributed by atoms with Gasteiger partial charge in [0.25, 0.3) is 0 Å². The van der Waals surface area contributed by atoms with E-state index in [-0.39, 0.29) is 48.4 Å². The summed E-state index contributed by atoms with van der Waals surface area (Å²) in [7, 11) is 2.93. The van der Waals surface area contributed by atoms with Gasteiger partial charge in [-0.3, -0.25) is 30.3 Å². The molecule has 0 fully saturated rings. The van der Waals surface area contributed by atoms with Crippen molar-refractivity contribution in [2.24, 2.45) is 10.7 Å². The molecular weight excluding hydrogens is 650 g/mol. The zero-order valence-electron chi connectivity index (χ0n) is 27.5. The summed E-state index contributed by atoms with van der Waals surface area (Å²) in [4.78, 5) is 47.4. The molecule has 1 aromatic heterocycles. The number of nitrogens with two attached hydrogens (primary N) is 1. The lowest BCUT2D eigenvalue weighted by Gasteiger charge is -2.26. The number of carbonyl (C=O) groups is 3. The van der Waals surface area contributed by atoms with Gasteiger partial charge in [0.2, 0.25) is 11.8 Å². The second kappa shape index (κ2) is 15.8. The van der Waals surface area contributed by atoms with Gasteiger partial charge in [0.05, 0.1) is 31.4 Å². The highest BCUT2D eigenvalue weighted by atomic mass is 35.5. The lowest BCUT2D eigenvalue weighted by atomic mass is 9.99. The number of thiophene rings is 1. The number of benzene rings is 2. The number of hydrogen-bond acceptors (Lipinski definition) is 9. The molecule has 2 amide bonds. The smallest absolute Gasteiger partial charge is 0.339 e. The number of amides is 2. The average Bonchev–Trinajstić information content (AvgIpc) is 3.27. The fourth-order valence-corrected chi connectivity index (χ4v) is 6.54. The summed E-state index contributed by atoms with van der Waals surface area (Å²) in [5, 5.41) is 21.7. The highest BCUT2D eigenvalue weighted by Gasteiger charge is 2.35. The molecule has 48 heavy (non-hydrogen) atoms. The number of aliphatic imine (C=N–C) groups is 1. The van der Waals surface area contributed by atoms with E-state index in [1.54, 1.807) is 43.1 Å². The number of esters is 1. The summed E-state index contributed by atoms with van der Waals surface area (Å²) in [6.07, 6.45) is 0.434. The molecule has 1 atom stereocenters. The molecule has 0 bridgehead atoms. The van der Waals surface area contributed by atoms with Crippen molar-refractivity contribution in [3.8, 4) is 11.8 Å². The van der Waals surface area contributed by atoms with Gasteiger partial charge in [0, 0.05) is 52.3 Å². The number of nitrogens with zero attached hydrogens (tertiary/aromatic N) is 3. The van der Waals surface area contributed by atoms with E-state index < -0.39 is 12.0 Å². The molecule has 5 N–H and O–H groups in total. The van der Waals surface area contributed by atoms with Crippen LogP contribution in [-0.4, -0.2) is 73.4 Å². The minimum Gasteiger partial charge on any atom is -0.465 e. The van der Waals surface area contributed by atoms with Crippen molar-refractivity contribution in [3.05, 3.63) is 80.2 Å². The van der Waals surface area contributed by atoms with Gasteiger partial charge in [-0.1, -0.05) is 35.6 Å². The number of amidine groups is 2. The summed E-state index contributed by atoms with van der Waals surface area (Å²) in [5.74, 6) is 4.68. The van der Waals surface area contributed by atoms with Crippen LogP contribution in [0, 0.1) is 36.5 Å². The Bertz CT molecular complexity index is 1860. The molecule has 3 aromatic rings. The Morgan fingerprint density at radius 2 is 1.90 bits per heavy atom. The first-order chi connectivity index (χ1) is 22.9. The normalized spacial score (nSPS) is 13.8. The number of methoxy groups -OCH3 is 1. The summed E-state index contributed by atoms with van der Waals surface area (Å²) in [6, 6.07) is 11.2. The number of fused-ring (bicyclic) bond motifs is 1. The highest BCUT2D eigenvalue weighted by molar-refractivity contribution is 7.17. The van der Waals surface area contributed by atoms with Crippen molar-refractivity contribution >= 4 is 68.8 Å². The molecule has 0 unspecified atom stereocenters. The standard InChI is InChI=1S/C35H38ClN7O4S/c1-20-21(2)48-34-31(20)32(23-10-12-25(36)13-11-23)41-28(33(39)43(34)22(3)38)19-30(45)42(4)17-7-9-29(44)40-26-14-15-27(35(46)47-5)24(18-26)8-6-16-37/h10-15,18,28,38-39H,7,9,16-17,19,37H2,1-5H3,(H,40,44)/t28-/m0/s1. The topological polar surface area (TPSA) is 165 Å². The Balaban J connectivity index is 1.46. The van der Waals surface area contributed by atoms with Crippen LogP contribution in [0.25, 0.3) is 0 Å². The van der Waals surface area contributed by atoms with Crippen molar-refractivity contribution in [2.75, 3.05) is 37.5 Å². The number of hydrogen-bond donors (Lipinski definition) is 4. The molecule has 13 heteroatoms. The van der Waals surface area contributed by atoms with E-state index in [0.29, 0.717) is 35.0 Å². The number of carbonyl (C=O) groups excluding carboxylic acids is 3. The Kier molecular flexibility index (Phi) is 11.9. The van der Waals surface area contributed by atoms with Crippen LogP contribution >= 0.6 is 22.9 Å². The van der Waals surface area contributed by atoms with E-state index in [0.717, 1.165) is 26.6 Å². The van der Waals surface area contributed by atoms with Crippen LogP contribution < -0.4 is 16.0 Å². The van der Waals surface area contributed by atoms with Gasteiger partial charge in [-0.15, -0.1) is 11.3 Å². The SMILES string of the molecule is COC(=O)c1ccc(NC(=O)CCCN(C)C(=O)C[C@@H]2N=C(c3ccc(Cl)cc3)c3c(sc(C)c3C)N(C(C)=N)C2=N)cc1C#CCN. The van der Waals surface area contributed by atoms with E-state index in [9.17, 15) is 14.4 Å². The molecule has 1 aliphatic rings.